The van der Waals surface area contributed by atoms with Crippen LogP contribution in [0.25, 0.3) is 0 Å². The summed E-state index contributed by atoms with van der Waals surface area (Å²) in [5, 5.41) is 5.61. The van der Waals surface area contributed by atoms with Gasteiger partial charge in [0.05, 0.1) is 0 Å². The van der Waals surface area contributed by atoms with Crippen molar-refractivity contribution in [2.24, 2.45) is 0 Å². The normalized spacial score (nSPS) is 18.6. The molecule has 1 atom stereocenters. The zero-order valence-electron chi connectivity index (χ0n) is 13.0. The first-order chi connectivity index (χ1) is 9.39. The smallest absolute Gasteiger partial charge is 0.314 e. The standard InChI is InChI=1S/C14H29N3O2S/c1-14(2,3)20(19)12-8-16-13(18)15-7-11-17-9-5-4-6-10-17/h4-12H2,1-3H3,(H2,15,16,18)/t20-/m0/s1. The van der Waals surface area contributed by atoms with E-state index in [1.807, 2.05) is 20.8 Å². The lowest BCUT2D eigenvalue weighted by atomic mass is 10.1. The third kappa shape index (κ3) is 7.24. The first-order valence-electron chi connectivity index (χ1n) is 7.52. The number of hydrogen-bond donors (Lipinski definition) is 2. The maximum atomic E-state index is 11.8. The number of rotatable bonds is 6. The van der Waals surface area contributed by atoms with Crippen LogP contribution in [0.15, 0.2) is 0 Å². The van der Waals surface area contributed by atoms with E-state index in [4.69, 9.17) is 0 Å². The fourth-order valence-corrected chi connectivity index (χ4v) is 3.04. The minimum Gasteiger partial charge on any atom is -0.337 e. The van der Waals surface area contributed by atoms with E-state index in [0.717, 1.165) is 19.6 Å². The molecule has 0 aromatic heterocycles. The maximum Gasteiger partial charge on any atom is 0.314 e. The van der Waals surface area contributed by atoms with Gasteiger partial charge in [-0.25, -0.2) is 4.79 Å². The van der Waals surface area contributed by atoms with Crippen molar-refractivity contribution in [1.29, 1.82) is 0 Å². The molecule has 118 valence electrons. The van der Waals surface area contributed by atoms with E-state index in [0.29, 0.717) is 18.8 Å². The Hall–Kier alpha value is -0.620. The second-order valence-corrected chi connectivity index (χ2v) is 8.57. The van der Waals surface area contributed by atoms with Crippen LogP contribution in [0.2, 0.25) is 0 Å². The molecule has 0 aliphatic carbocycles. The summed E-state index contributed by atoms with van der Waals surface area (Å²) in [4.78, 5) is 14.0. The first-order valence-corrected chi connectivity index (χ1v) is 8.84. The van der Waals surface area contributed by atoms with E-state index in [2.05, 4.69) is 15.5 Å². The molecule has 0 unspecified atom stereocenters. The highest BCUT2D eigenvalue weighted by Gasteiger charge is 2.18. The number of likely N-dealkylation sites (tertiary alicyclic amines) is 1. The molecule has 1 heterocycles. The largest absolute Gasteiger partial charge is 0.337 e. The van der Waals surface area contributed by atoms with Gasteiger partial charge in [0.1, 0.15) is 0 Å². The number of carbonyl (C=O) groups is 1. The van der Waals surface area contributed by atoms with Crippen LogP contribution >= 0.6 is 0 Å². The van der Waals surface area contributed by atoms with Crippen LogP contribution in [0.4, 0.5) is 4.79 Å². The minimum atomic E-state index is -0.914. The van der Waals surface area contributed by atoms with E-state index < -0.39 is 10.8 Å². The van der Waals surface area contributed by atoms with Crippen molar-refractivity contribution in [2.45, 2.75) is 44.8 Å². The van der Waals surface area contributed by atoms with Crippen molar-refractivity contribution < 1.29 is 9.00 Å². The van der Waals surface area contributed by atoms with Gasteiger partial charge in [0.25, 0.3) is 0 Å². The lowest BCUT2D eigenvalue weighted by molar-refractivity contribution is 0.221. The SMILES string of the molecule is CC(C)(C)[S@@](=O)CCNC(=O)NCCN1CCCCC1. The summed E-state index contributed by atoms with van der Waals surface area (Å²) in [6, 6.07) is -0.159. The van der Waals surface area contributed by atoms with Crippen molar-refractivity contribution in [1.82, 2.24) is 15.5 Å². The second-order valence-electron chi connectivity index (χ2n) is 6.25. The van der Waals surface area contributed by atoms with Crippen LogP contribution in [-0.4, -0.2) is 58.4 Å². The van der Waals surface area contributed by atoms with Gasteiger partial charge in [-0.2, -0.15) is 0 Å². The summed E-state index contributed by atoms with van der Waals surface area (Å²) < 4.78 is 11.6. The van der Waals surface area contributed by atoms with E-state index >= 15 is 0 Å². The average Bonchev–Trinajstić information content (AvgIpc) is 2.38. The molecular weight excluding hydrogens is 274 g/mol. The van der Waals surface area contributed by atoms with E-state index in [1.165, 1.54) is 19.3 Å². The predicted octanol–water partition coefficient (Wildman–Crippen LogP) is 1.32. The molecule has 1 saturated heterocycles. The third-order valence-corrected chi connectivity index (χ3v) is 5.36. The minimum absolute atomic E-state index is 0.159. The van der Waals surface area contributed by atoms with Crippen LogP contribution in [0.5, 0.6) is 0 Å². The average molecular weight is 303 g/mol. The monoisotopic (exact) mass is 303 g/mol. The van der Waals surface area contributed by atoms with Gasteiger partial charge in [-0.15, -0.1) is 0 Å². The van der Waals surface area contributed by atoms with E-state index in [9.17, 15) is 9.00 Å². The fourth-order valence-electron chi connectivity index (χ4n) is 2.14. The van der Waals surface area contributed by atoms with Crippen molar-refractivity contribution in [3.05, 3.63) is 0 Å². The van der Waals surface area contributed by atoms with Gasteiger partial charge in [-0.05, 0) is 46.7 Å². The Morgan fingerprint density at radius 1 is 1.10 bits per heavy atom. The number of hydrogen-bond acceptors (Lipinski definition) is 3. The fraction of sp³-hybridized carbons (Fsp3) is 0.929. The van der Waals surface area contributed by atoms with Gasteiger partial charge in [0.2, 0.25) is 0 Å². The van der Waals surface area contributed by atoms with Crippen LogP contribution in [0, 0.1) is 0 Å². The molecule has 1 fully saturated rings. The summed E-state index contributed by atoms with van der Waals surface area (Å²) in [5.74, 6) is 0.503. The Morgan fingerprint density at radius 3 is 2.30 bits per heavy atom. The van der Waals surface area contributed by atoms with E-state index in [1.54, 1.807) is 0 Å². The van der Waals surface area contributed by atoms with Gasteiger partial charge >= 0.3 is 6.03 Å². The van der Waals surface area contributed by atoms with Crippen LogP contribution in [0.1, 0.15) is 40.0 Å². The summed E-state index contributed by atoms with van der Waals surface area (Å²) >= 11 is 0. The quantitative estimate of drug-likeness (QED) is 0.778. The molecule has 20 heavy (non-hydrogen) atoms. The van der Waals surface area contributed by atoms with Crippen molar-refractivity contribution >= 4 is 16.8 Å². The molecule has 2 N–H and O–H groups in total. The Labute approximate surface area is 125 Å². The van der Waals surface area contributed by atoms with Gasteiger partial charge in [0.15, 0.2) is 0 Å². The van der Waals surface area contributed by atoms with Gasteiger partial charge in [0, 0.05) is 40.9 Å². The summed E-state index contributed by atoms with van der Waals surface area (Å²) in [5.41, 5.74) is 0. The number of amides is 2. The van der Waals surface area contributed by atoms with Crippen molar-refractivity contribution in [3.63, 3.8) is 0 Å². The van der Waals surface area contributed by atoms with Crippen molar-refractivity contribution in [3.8, 4) is 0 Å². The molecule has 1 rings (SSSR count). The molecule has 1 aliphatic rings. The summed E-state index contributed by atoms with van der Waals surface area (Å²) in [6.45, 7) is 10.2. The van der Waals surface area contributed by atoms with E-state index in [-0.39, 0.29) is 10.8 Å². The predicted molar refractivity (Wildman–Crippen MR) is 84.5 cm³/mol. The lowest BCUT2D eigenvalue weighted by Crippen LogP contribution is -2.43. The molecule has 0 bridgehead atoms. The number of urea groups is 1. The second kappa shape index (κ2) is 8.62. The topological polar surface area (TPSA) is 61.4 Å². The Kier molecular flexibility index (Phi) is 7.51. The highest BCUT2D eigenvalue weighted by Crippen LogP contribution is 2.10. The number of piperidine rings is 1. The molecule has 0 aromatic carbocycles. The Morgan fingerprint density at radius 2 is 1.70 bits per heavy atom. The van der Waals surface area contributed by atoms with Gasteiger partial charge in [-0.1, -0.05) is 6.42 Å². The lowest BCUT2D eigenvalue weighted by Gasteiger charge is -2.26. The highest BCUT2D eigenvalue weighted by molar-refractivity contribution is 7.86. The maximum absolute atomic E-state index is 11.8. The molecule has 6 heteroatoms. The highest BCUT2D eigenvalue weighted by atomic mass is 32.2. The molecule has 1 aliphatic heterocycles. The zero-order valence-corrected chi connectivity index (χ0v) is 13.9. The summed E-state index contributed by atoms with van der Waals surface area (Å²) in [6.07, 6.45) is 3.87. The van der Waals surface area contributed by atoms with Gasteiger partial charge < -0.3 is 15.5 Å². The number of nitrogens with zero attached hydrogens (tertiary/aromatic N) is 1. The van der Waals surface area contributed by atoms with Crippen LogP contribution in [0.3, 0.4) is 0 Å². The molecule has 0 aromatic rings. The van der Waals surface area contributed by atoms with Gasteiger partial charge in [-0.3, -0.25) is 4.21 Å². The Bertz CT molecular complexity index is 323. The Balaban J connectivity index is 2.04. The van der Waals surface area contributed by atoms with Crippen LogP contribution < -0.4 is 10.6 Å². The van der Waals surface area contributed by atoms with Crippen molar-refractivity contribution in [2.75, 3.05) is 38.5 Å². The molecule has 2 amide bonds. The molecule has 0 radical (unpaired) electrons. The molecule has 0 saturated carbocycles. The molecule has 5 nitrogen and oxygen atoms in total. The number of nitrogens with one attached hydrogen (secondary N) is 2. The van der Waals surface area contributed by atoms with Crippen LogP contribution in [-0.2, 0) is 10.8 Å². The summed E-state index contributed by atoms with van der Waals surface area (Å²) in [7, 11) is -0.914. The molecular formula is C14H29N3O2S. The zero-order chi connectivity index (χ0) is 15.0. The first kappa shape index (κ1) is 17.4. The third-order valence-electron chi connectivity index (χ3n) is 3.42. The number of carbonyl (C=O) groups excluding carboxylic acids is 1. The molecule has 0 spiro atoms.